The van der Waals surface area contributed by atoms with Crippen molar-refractivity contribution in [3.05, 3.63) is 28.8 Å². The fourth-order valence-electron chi connectivity index (χ4n) is 2.60. The summed E-state index contributed by atoms with van der Waals surface area (Å²) < 4.78 is 27.7. The number of nitrogens with zero attached hydrogens (tertiary/aromatic N) is 1. The first-order valence-corrected chi connectivity index (χ1v) is 9.57. The minimum Gasteiger partial charge on any atom is -0.207 e. The van der Waals surface area contributed by atoms with Crippen molar-refractivity contribution < 1.29 is 8.42 Å². The molecule has 0 N–H and O–H groups in total. The van der Waals surface area contributed by atoms with Crippen LogP contribution in [0.25, 0.3) is 0 Å². The number of benzene rings is 1. The van der Waals surface area contributed by atoms with E-state index in [1.165, 1.54) is 0 Å². The van der Waals surface area contributed by atoms with Gasteiger partial charge in [0.1, 0.15) is 0 Å². The minimum absolute atomic E-state index is 0.196. The van der Waals surface area contributed by atoms with Crippen LogP contribution < -0.4 is 0 Å². The molecular weight excluding hydrogens is 306 g/mol. The molecule has 1 saturated carbocycles. The van der Waals surface area contributed by atoms with Gasteiger partial charge in [-0.2, -0.15) is 4.31 Å². The minimum atomic E-state index is -3.42. The lowest BCUT2D eigenvalue weighted by atomic mass is 10.1. The molecule has 118 valence electrons. The van der Waals surface area contributed by atoms with Crippen LogP contribution in [0.1, 0.15) is 49.3 Å². The topological polar surface area (TPSA) is 37.4 Å². The first-order valence-electron chi connectivity index (χ1n) is 7.59. The number of hydrogen-bond acceptors (Lipinski definition) is 2. The van der Waals surface area contributed by atoms with E-state index in [4.69, 9.17) is 11.6 Å². The lowest BCUT2D eigenvalue weighted by Crippen LogP contribution is -2.34. The number of rotatable bonds is 7. The van der Waals surface area contributed by atoms with Crippen LogP contribution in [0.2, 0.25) is 0 Å². The second-order valence-electron chi connectivity index (χ2n) is 5.88. The Morgan fingerprint density at radius 3 is 2.43 bits per heavy atom. The van der Waals surface area contributed by atoms with E-state index in [1.807, 2.05) is 19.9 Å². The summed E-state index contributed by atoms with van der Waals surface area (Å²) in [6.45, 7) is 6.53. The Hall–Kier alpha value is -0.580. The van der Waals surface area contributed by atoms with Crippen LogP contribution >= 0.6 is 11.6 Å². The van der Waals surface area contributed by atoms with E-state index in [-0.39, 0.29) is 6.04 Å². The van der Waals surface area contributed by atoms with Gasteiger partial charge in [-0.3, -0.25) is 0 Å². The summed E-state index contributed by atoms with van der Waals surface area (Å²) >= 11 is 5.94. The third-order valence-corrected chi connectivity index (χ3v) is 6.43. The highest BCUT2D eigenvalue weighted by atomic mass is 35.5. The van der Waals surface area contributed by atoms with Crippen LogP contribution in [-0.2, 0) is 15.9 Å². The van der Waals surface area contributed by atoms with Gasteiger partial charge in [-0.15, -0.1) is 11.6 Å². The van der Waals surface area contributed by atoms with E-state index >= 15 is 0 Å². The molecule has 0 heterocycles. The summed E-state index contributed by atoms with van der Waals surface area (Å²) in [6.07, 6.45) is 3.87. The summed E-state index contributed by atoms with van der Waals surface area (Å²) in [4.78, 5) is 0.423. The van der Waals surface area contributed by atoms with Crippen LogP contribution in [0.5, 0.6) is 0 Å². The molecule has 1 aliphatic rings. The molecule has 1 aliphatic carbocycles. The molecule has 2 rings (SSSR count). The number of halogens is 1. The largest absolute Gasteiger partial charge is 0.243 e. The van der Waals surface area contributed by atoms with Crippen LogP contribution in [0, 0.1) is 13.8 Å². The molecule has 0 unspecified atom stereocenters. The van der Waals surface area contributed by atoms with Crippen molar-refractivity contribution in [2.75, 3.05) is 6.54 Å². The predicted molar refractivity (Wildman–Crippen MR) is 87.3 cm³/mol. The fourth-order valence-corrected chi connectivity index (χ4v) is 4.87. The van der Waals surface area contributed by atoms with Crippen molar-refractivity contribution in [2.45, 2.75) is 63.3 Å². The Bertz CT molecular complexity index is 609. The summed E-state index contributed by atoms with van der Waals surface area (Å²) in [6, 6.07) is 3.88. The van der Waals surface area contributed by atoms with Crippen molar-refractivity contribution in [3.8, 4) is 0 Å². The van der Waals surface area contributed by atoms with Gasteiger partial charge >= 0.3 is 0 Å². The maximum atomic E-state index is 13.0. The molecule has 0 spiro atoms. The third kappa shape index (κ3) is 3.61. The van der Waals surface area contributed by atoms with Crippen LogP contribution in [-0.4, -0.2) is 25.3 Å². The molecule has 21 heavy (non-hydrogen) atoms. The van der Waals surface area contributed by atoms with Crippen LogP contribution in [0.15, 0.2) is 17.0 Å². The molecule has 0 aliphatic heterocycles. The quantitative estimate of drug-likeness (QED) is 0.709. The molecule has 1 aromatic carbocycles. The Kier molecular flexibility index (Phi) is 5.33. The SMILES string of the molecule is CCCCN(C1CC1)S(=O)(=O)c1cc(CCl)c(C)cc1C. The second kappa shape index (κ2) is 6.67. The van der Waals surface area contributed by atoms with E-state index in [1.54, 1.807) is 10.4 Å². The van der Waals surface area contributed by atoms with Gasteiger partial charge in [0.15, 0.2) is 0 Å². The Labute approximate surface area is 133 Å². The van der Waals surface area contributed by atoms with Gasteiger partial charge in [0.25, 0.3) is 0 Å². The third-order valence-electron chi connectivity index (χ3n) is 4.05. The molecule has 0 radical (unpaired) electrons. The maximum absolute atomic E-state index is 13.0. The molecule has 3 nitrogen and oxygen atoms in total. The molecule has 5 heteroatoms. The van der Waals surface area contributed by atoms with E-state index in [2.05, 4.69) is 6.92 Å². The molecule has 0 amide bonds. The first-order chi connectivity index (χ1) is 9.91. The van der Waals surface area contributed by atoms with Crippen molar-refractivity contribution in [2.24, 2.45) is 0 Å². The standard InChI is InChI=1S/C16H24ClNO2S/c1-4-5-8-18(15-6-7-15)21(19,20)16-10-14(11-17)12(2)9-13(16)3/h9-10,15H,4-8,11H2,1-3H3. The highest BCUT2D eigenvalue weighted by Crippen LogP contribution is 2.34. The van der Waals surface area contributed by atoms with Gasteiger partial charge < -0.3 is 0 Å². The normalized spacial score (nSPS) is 15.7. The van der Waals surface area contributed by atoms with E-state index in [0.29, 0.717) is 17.3 Å². The zero-order valence-electron chi connectivity index (χ0n) is 13.0. The second-order valence-corrected chi connectivity index (χ2v) is 8.00. The molecule has 0 aromatic heterocycles. The molecule has 0 saturated heterocycles. The highest BCUT2D eigenvalue weighted by Gasteiger charge is 2.38. The highest BCUT2D eigenvalue weighted by molar-refractivity contribution is 7.89. The first kappa shape index (κ1) is 16.8. The van der Waals surface area contributed by atoms with Gasteiger partial charge in [-0.1, -0.05) is 19.4 Å². The number of hydrogen-bond donors (Lipinski definition) is 0. The Morgan fingerprint density at radius 1 is 1.24 bits per heavy atom. The Morgan fingerprint density at radius 2 is 1.90 bits per heavy atom. The number of unbranched alkanes of at least 4 members (excludes halogenated alkanes) is 1. The van der Waals surface area contributed by atoms with Crippen molar-refractivity contribution in [1.29, 1.82) is 0 Å². The average Bonchev–Trinajstić information content (AvgIpc) is 3.23. The number of sulfonamides is 1. The zero-order valence-corrected chi connectivity index (χ0v) is 14.6. The summed E-state index contributed by atoms with van der Waals surface area (Å²) in [5.41, 5.74) is 2.75. The van der Waals surface area contributed by atoms with E-state index < -0.39 is 10.0 Å². The summed E-state index contributed by atoms with van der Waals surface area (Å²) in [7, 11) is -3.42. The van der Waals surface area contributed by atoms with Gasteiger partial charge in [0, 0.05) is 18.5 Å². The molecular formula is C16H24ClNO2S. The lowest BCUT2D eigenvalue weighted by molar-refractivity contribution is 0.395. The number of aryl methyl sites for hydroxylation is 2. The van der Waals surface area contributed by atoms with Crippen molar-refractivity contribution in [1.82, 2.24) is 4.31 Å². The molecule has 0 atom stereocenters. The van der Waals surface area contributed by atoms with Crippen LogP contribution in [0.4, 0.5) is 0 Å². The van der Waals surface area contributed by atoms with Gasteiger partial charge in [-0.25, -0.2) is 8.42 Å². The van der Waals surface area contributed by atoms with Crippen molar-refractivity contribution >= 4 is 21.6 Å². The smallest absolute Gasteiger partial charge is 0.207 e. The average molecular weight is 330 g/mol. The molecule has 0 bridgehead atoms. The molecule has 1 fully saturated rings. The number of alkyl halides is 1. The summed E-state index contributed by atoms with van der Waals surface area (Å²) in [5, 5.41) is 0. The van der Waals surface area contributed by atoms with E-state index in [0.717, 1.165) is 42.4 Å². The predicted octanol–water partition coefficient (Wildman–Crippen LogP) is 4.00. The van der Waals surface area contributed by atoms with Crippen molar-refractivity contribution in [3.63, 3.8) is 0 Å². The van der Waals surface area contributed by atoms with Gasteiger partial charge in [0.05, 0.1) is 4.90 Å². The summed E-state index contributed by atoms with van der Waals surface area (Å²) in [5.74, 6) is 0.340. The zero-order chi connectivity index (χ0) is 15.6. The van der Waals surface area contributed by atoms with E-state index in [9.17, 15) is 8.42 Å². The lowest BCUT2D eigenvalue weighted by Gasteiger charge is -2.23. The fraction of sp³-hybridized carbons (Fsp3) is 0.625. The van der Waals surface area contributed by atoms with Crippen LogP contribution in [0.3, 0.4) is 0 Å². The monoisotopic (exact) mass is 329 g/mol. The Balaban J connectivity index is 2.41. The maximum Gasteiger partial charge on any atom is 0.243 e. The van der Waals surface area contributed by atoms with Gasteiger partial charge in [-0.05, 0) is 55.9 Å². The van der Waals surface area contributed by atoms with Gasteiger partial charge in [0.2, 0.25) is 10.0 Å². The molecule has 1 aromatic rings.